The first-order valence-corrected chi connectivity index (χ1v) is 8.68. The van der Waals surface area contributed by atoms with Crippen molar-refractivity contribution in [3.8, 4) is 11.9 Å². The van der Waals surface area contributed by atoms with Gasteiger partial charge in [0.2, 0.25) is 17.7 Å². The number of hydrogen-bond donors (Lipinski definition) is 2. The lowest BCUT2D eigenvalue weighted by atomic mass is 9.69. The highest BCUT2D eigenvalue weighted by Crippen LogP contribution is 2.55. The van der Waals surface area contributed by atoms with E-state index >= 15 is 0 Å². The Bertz CT molecular complexity index is 984. The number of H-pyrrole nitrogens is 1. The number of ether oxygens (including phenoxy) is 1. The number of nitrogens with one attached hydrogen (secondary N) is 1. The fraction of sp³-hybridized carbons (Fsp3) is 0.316. The predicted molar refractivity (Wildman–Crippen MR) is 95.3 cm³/mol. The molecule has 0 saturated heterocycles. The van der Waals surface area contributed by atoms with E-state index in [1.165, 1.54) is 0 Å². The summed E-state index contributed by atoms with van der Waals surface area (Å²) >= 11 is 0. The number of para-hydroxylation sites is 1. The topological polar surface area (TPSA) is 108 Å². The average molecular weight is 349 g/mol. The van der Waals surface area contributed by atoms with Crippen LogP contribution in [0.25, 0.3) is 0 Å². The van der Waals surface area contributed by atoms with Gasteiger partial charge >= 0.3 is 0 Å². The van der Waals surface area contributed by atoms with Crippen LogP contribution in [0.2, 0.25) is 0 Å². The van der Waals surface area contributed by atoms with Gasteiger partial charge in [-0.15, -0.1) is 5.10 Å². The van der Waals surface area contributed by atoms with Crippen molar-refractivity contribution in [2.45, 2.75) is 32.1 Å². The van der Waals surface area contributed by atoms with Crippen LogP contribution in [0, 0.1) is 11.3 Å². The number of aromatic amines is 1. The second kappa shape index (κ2) is 5.63. The van der Waals surface area contributed by atoms with E-state index in [2.05, 4.69) is 16.3 Å². The molecule has 0 saturated carbocycles. The number of carbonyl (C=O) groups is 1. The number of nitriles is 1. The van der Waals surface area contributed by atoms with Crippen molar-refractivity contribution < 1.29 is 9.53 Å². The Morgan fingerprint density at radius 2 is 2.15 bits per heavy atom. The highest BCUT2D eigenvalue weighted by atomic mass is 16.5. The molecule has 7 heteroatoms. The number of benzene rings is 1. The molecule has 3 N–H and O–H groups in total. The zero-order valence-electron chi connectivity index (χ0n) is 14.7. The first-order chi connectivity index (χ1) is 12.6. The first kappa shape index (κ1) is 16.2. The van der Waals surface area contributed by atoms with E-state index in [1.54, 1.807) is 4.90 Å². The van der Waals surface area contributed by atoms with Crippen molar-refractivity contribution in [1.29, 1.82) is 5.26 Å². The van der Waals surface area contributed by atoms with E-state index in [0.717, 1.165) is 23.4 Å². The van der Waals surface area contributed by atoms with E-state index in [1.807, 2.05) is 38.1 Å². The van der Waals surface area contributed by atoms with E-state index in [9.17, 15) is 10.1 Å². The van der Waals surface area contributed by atoms with Gasteiger partial charge in [-0.2, -0.15) is 5.26 Å². The molecule has 132 valence electrons. The molecule has 26 heavy (non-hydrogen) atoms. The Hall–Kier alpha value is -3.27. The summed E-state index contributed by atoms with van der Waals surface area (Å²) in [5, 5.41) is 17.0. The maximum atomic E-state index is 13.8. The Morgan fingerprint density at radius 1 is 1.38 bits per heavy atom. The minimum atomic E-state index is -1.31. The number of aromatic nitrogens is 2. The summed E-state index contributed by atoms with van der Waals surface area (Å²) < 4.78 is 5.58. The molecule has 0 radical (unpaired) electrons. The number of nitrogens with zero attached hydrogens (tertiary/aromatic N) is 3. The van der Waals surface area contributed by atoms with E-state index < -0.39 is 5.41 Å². The predicted octanol–water partition coefficient (Wildman–Crippen LogP) is 2.10. The van der Waals surface area contributed by atoms with Crippen LogP contribution in [0.4, 0.5) is 5.69 Å². The molecular weight excluding hydrogens is 330 g/mol. The van der Waals surface area contributed by atoms with Gasteiger partial charge < -0.3 is 15.4 Å². The minimum Gasteiger partial charge on any atom is -0.420 e. The van der Waals surface area contributed by atoms with Gasteiger partial charge in [-0.25, -0.2) is 0 Å². The van der Waals surface area contributed by atoms with Gasteiger partial charge in [-0.3, -0.25) is 9.89 Å². The molecule has 0 bridgehead atoms. The van der Waals surface area contributed by atoms with Crippen LogP contribution in [0.15, 0.2) is 35.7 Å². The maximum absolute atomic E-state index is 13.8. The van der Waals surface area contributed by atoms with Gasteiger partial charge in [0.1, 0.15) is 17.1 Å². The van der Waals surface area contributed by atoms with Crippen molar-refractivity contribution in [2.75, 3.05) is 11.4 Å². The van der Waals surface area contributed by atoms with Crippen molar-refractivity contribution in [1.82, 2.24) is 10.2 Å². The average Bonchev–Trinajstić information content (AvgIpc) is 3.16. The fourth-order valence-corrected chi connectivity index (χ4v) is 4.06. The molecule has 4 rings (SSSR count). The molecule has 1 atom stereocenters. The van der Waals surface area contributed by atoms with Crippen molar-refractivity contribution >= 4 is 11.6 Å². The van der Waals surface area contributed by atoms with Crippen LogP contribution in [-0.4, -0.2) is 22.6 Å². The van der Waals surface area contributed by atoms with Gasteiger partial charge in [0.15, 0.2) is 0 Å². The number of hydrogen-bond acceptors (Lipinski definition) is 5. The van der Waals surface area contributed by atoms with E-state index in [0.29, 0.717) is 18.5 Å². The van der Waals surface area contributed by atoms with Crippen molar-refractivity contribution in [3.05, 3.63) is 52.5 Å². The molecular formula is C19H19N5O2. The summed E-state index contributed by atoms with van der Waals surface area (Å²) in [5.74, 6) is 0.0104. The molecule has 2 aliphatic rings. The smallest absolute Gasteiger partial charge is 0.247 e. The Labute approximate surface area is 151 Å². The van der Waals surface area contributed by atoms with Crippen molar-refractivity contribution in [3.63, 3.8) is 0 Å². The quantitative estimate of drug-likeness (QED) is 0.882. The second-order valence-corrected chi connectivity index (χ2v) is 6.41. The standard InChI is InChI=1S/C19H19N5O2/c1-3-9-24-14-8-6-5-7-11(14)19(18(24)25)12(10-20)16(21)26-17-15(19)13(4-2)22-23-17/h5-8H,3-4,9,21H2,1-2H3,(H,22,23)/t19-/m0/s1. The normalized spacial score (nSPS) is 20.8. The lowest BCUT2D eigenvalue weighted by Crippen LogP contribution is -2.46. The number of aryl methyl sites for hydroxylation is 1. The Morgan fingerprint density at radius 3 is 2.85 bits per heavy atom. The highest BCUT2D eigenvalue weighted by Gasteiger charge is 2.60. The van der Waals surface area contributed by atoms with Crippen LogP contribution in [0.5, 0.6) is 5.88 Å². The number of amides is 1. The summed E-state index contributed by atoms with van der Waals surface area (Å²) in [7, 11) is 0. The number of anilines is 1. The first-order valence-electron chi connectivity index (χ1n) is 8.68. The van der Waals surface area contributed by atoms with Crippen molar-refractivity contribution in [2.24, 2.45) is 5.73 Å². The Balaban J connectivity index is 2.13. The van der Waals surface area contributed by atoms with Gasteiger partial charge in [-0.05, 0) is 18.9 Å². The van der Waals surface area contributed by atoms with Crippen LogP contribution in [0.1, 0.15) is 37.1 Å². The van der Waals surface area contributed by atoms with Crippen LogP contribution in [0.3, 0.4) is 0 Å². The number of nitrogens with two attached hydrogens (primary N) is 1. The fourth-order valence-electron chi connectivity index (χ4n) is 4.06. The van der Waals surface area contributed by atoms with E-state index in [4.69, 9.17) is 10.5 Å². The molecule has 7 nitrogen and oxygen atoms in total. The maximum Gasteiger partial charge on any atom is 0.247 e. The zero-order chi connectivity index (χ0) is 18.5. The molecule has 1 aromatic carbocycles. The minimum absolute atomic E-state index is 0.0735. The molecule has 0 aliphatic carbocycles. The molecule has 1 spiro atoms. The van der Waals surface area contributed by atoms with Crippen LogP contribution >= 0.6 is 0 Å². The second-order valence-electron chi connectivity index (χ2n) is 6.41. The molecule has 2 aromatic rings. The number of carbonyl (C=O) groups excluding carboxylic acids is 1. The van der Waals surface area contributed by atoms with Gasteiger partial charge in [-0.1, -0.05) is 32.0 Å². The number of rotatable bonds is 3. The lowest BCUT2D eigenvalue weighted by molar-refractivity contribution is -0.121. The third-order valence-corrected chi connectivity index (χ3v) is 5.09. The van der Waals surface area contributed by atoms with Gasteiger partial charge in [0, 0.05) is 23.5 Å². The molecule has 1 aromatic heterocycles. The summed E-state index contributed by atoms with van der Waals surface area (Å²) in [6, 6.07) is 9.70. The molecule has 2 aliphatic heterocycles. The molecule has 1 amide bonds. The monoisotopic (exact) mass is 349 g/mol. The van der Waals surface area contributed by atoms with Crippen LogP contribution < -0.4 is 15.4 Å². The molecule has 3 heterocycles. The third kappa shape index (κ3) is 1.76. The SMILES string of the molecule is CCCN1C(=O)[C@]2(C(C#N)=C(N)Oc3n[nH]c(CC)c32)c2ccccc21. The van der Waals surface area contributed by atoms with Crippen LogP contribution in [-0.2, 0) is 16.6 Å². The number of fused-ring (bicyclic) bond motifs is 4. The Kier molecular flexibility index (Phi) is 3.51. The van der Waals surface area contributed by atoms with E-state index in [-0.39, 0.29) is 23.2 Å². The van der Waals surface area contributed by atoms with Gasteiger partial charge in [0.05, 0.1) is 5.56 Å². The zero-order valence-corrected chi connectivity index (χ0v) is 14.7. The molecule has 0 fully saturated rings. The van der Waals surface area contributed by atoms with Gasteiger partial charge in [0.25, 0.3) is 0 Å². The summed E-state index contributed by atoms with van der Waals surface area (Å²) in [4.78, 5) is 15.5. The summed E-state index contributed by atoms with van der Waals surface area (Å²) in [5.41, 5.74) is 7.79. The summed E-state index contributed by atoms with van der Waals surface area (Å²) in [6.45, 7) is 4.54. The third-order valence-electron chi connectivity index (χ3n) is 5.09. The summed E-state index contributed by atoms with van der Waals surface area (Å²) in [6.07, 6.45) is 1.42. The largest absolute Gasteiger partial charge is 0.420 e. The lowest BCUT2D eigenvalue weighted by Gasteiger charge is -2.32. The highest BCUT2D eigenvalue weighted by molar-refractivity contribution is 6.14. The molecule has 0 unspecified atom stereocenters.